The van der Waals surface area contributed by atoms with Gasteiger partial charge in [-0.15, -0.1) is 11.3 Å². The Balaban J connectivity index is 1.36. The van der Waals surface area contributed by atoms with Crippen molar-refractivity contribution in [2.45, 2.75) is 5.16 Å². The van der Waals surface area contributed by atoms with Crippen molar-refractivity contribution in [1.82, 2.24) is 15.0 Å². The van der Waals surface area contributed by atoms with Gasteiger partial charge in [-0.05, 0) is 24.3 Å². The van der Waals surface area contributed by atoms with Crippen LogP contribution in [0.2, 0.25) is 0 Å². The molecule has 4 aromatic rings. The second kappa shape index (κ2) is 7.79. The number of non-ortho nitro benzene ring substituents is 1. The number of thiazole rings is 1. The molecule has 0 bridgehead atoms. The normalized spacial score (nSPS) is 10.9. The van der Waals surface area contributed by atoms with Gasteiger partial charge in [0.1, 0.15) is 0 Å². The van der Waals surface area contributed by atoms with Gasteiger partial charge in [-0.2, -0.15) is 0 Å². The summed E-state index contributed by atoms with van der Waals surface area (Å²) >= 11 is 2.61. The highest BCUT2D eigenvalue weighted by Gasteiger charge is 2.11. The molecule has 0 saturated carbocycles. The maximum Gasteiger partial charge on any atom is 0.269 e. The fourth-order valence-electron chi connectivity index (χ4n) is 2.50. The molecular formula is C18H13N5O3S2. The van der Waals surface area contributed by atoms with Crippen LogP contribution < -0.4 is 5.32 Å². The molecule has 4 rings (SSSR count). The molecule has 140 valence electrons. The van der Waals surface area contributed by atoms with Crippen LogP contribution in [0.25, 0.3) is 22.3 Å². The molecule has 0 aliphatic heterocycles. The molecule has 28 heavy (non-hydrogen) atoms. The van der Waals surface area contributed by atoms with Crippen LogP contribution in [0, 0.1) is 10.1 Å². The standard InChI is InChI=1S/C18H13N5O3S2/c24-16(10-28-17-19-13-3-1-2-4-14(13)20-17)22-18-21-15(9-27-18)11-5-7-12(8-6-11)23(25)26/h1-9H,10H2,(H,19,20)(H,21,22,24). The van der Waals surface area contributed by atoms with E-state index >= 15 is 0 Å². The lowest BCUT2D eigenvalue weighted by Crippen LogP contribution is -2.13. The molecule has 0 radical (unpaired) electrons. The molecule has 0 saturated heterocycles. The fourth-order valence-corrected chi connectivity index (χ4v) is 3.93. The van der Waals surface area contributed by atoms with Gasteiger partial charge in [0.25, 0.3) is 5.69 Å². The summed E-state index contributed by atoms with van der Waals surface area (Å²) in [6, 6.07) is 13.8. The number of rotatable bonds is 6. The molecule has 0 unspecified atom stereocenters. The summed E-state index contributed by atoms with van der Waals surface area (Å²) < 4.78 is 0. The number of hydrogen-bond donors (Lipinski definition) is 2. The molecule has 2 aromatic heterocycles. The molecular weight excluding hydrogens is 398 g/mol. The number of fused-ring (bicyclic) bond motifs is 1. The van der Waals surface area contributed by atoms with E-state index in [0.29, 0.717) is 16.0 Å². The molecule has 8 nitrogen and oxygen atoms in total. The van der Waals surface area contributed by atoms with Crippen molar-refractivity contribution in [3.63, 3.8) is 0 Å². The number of hydrogen-bond acceptors (Lipinski definition) is 7. The summed E-state index contributed by atoms with van der Waals surface area (Å²) in [5.74, 6) is 0.0155. The third-order valence-electron chi connectivity index (χ3n) is 3.83. The lowest BCUT2D eigenvalue weighted by atomic mass is 10.1. The van der Waals surface area contributed by atoms with E-state index in [1.54, 1.807) is 17.5 Å². The summed E-state index contributed by atoms with van der Waals surface area (Å²) in [4.78, 5) is 34.4. The van der Waals surface area contributed by atoms with Gasteiger partial charge in [0.05, 0.1) is 27.4 Å². The summed E-state index contributed by atoms with van der Waals surface area (Å²) in [5.41, 5.74) is 3.21. The zero-order chi connectivity index (χ0) is 19.5. The fraction of sp³-hybridized carbons (Fsp3) is 0.0556. The largest absolute Gasteiger partial charge is 0.333 e. The van der Waals surface area contributed by atoms with E-state index in [4.69, 9.17) is 0 Å². The maximum atomic E-state index is 12.2. The Kier molecular flexibility index (Phi) is 5.04. The number of carbonyl (C=O) groups excluding carboxylic acids is 1. The number of carbonyl (C=O) groups is 1. The zero-order valence-electron chi connectivity index (χ0n) is 14.3. The molecule has 1 amide bonds. The Labute approximate surface area is 167 Å². The van der Waals surface area contributed by atoms with Crippen LogP contribution in [0.4, 0.5) is 10.8 Å². The predicted octanol–water partition coefficient (Wildman–Crippen LogP) is 4.33. The third kappa shape index (κ3) is 4.02. The molecule has 2 heterocycles. The topological polar surface area (TPSA) is 114 Å². The molecule has 0 aliphatic carbocycles. The maximum absolute atomic E-state index is 12.2. The van der Waals surface area contributed by atoms with E-state index in [-0.39, 0.29) is 17.3 Å². The van der Waals surface area contributed by atoms with E-state index in [1.807, 2.05) is 24.3 Å². The van der Waals surface area contributed by atoms with Crippen LogP contribution in [0.15, 0.2) is 59.1 Å². The van der Waals surface area contributed by atoms with Crippen LogP contribution in [-0.2, 0) is 4.79 Å². The minimum Gasteiger partial charge on any atom is -0.333 e. The molecule has 2 aromatic carbocycles. The van der Waals surface area contributed by atoms with Gasteiger partial charge in [-0.25, -0.2) is 9.97 Å². The molecule has 0 atom stereocenters. The average Bonchev–Trinajstić information content (AvgIpc) is 3.33. The van der Waals surface area contributed by atoms with E-state index in [1.165, 1.54) is 35.2 Å². The van der Waals surface area contributed by atoms with Gasteiger partial charge in [0.2, 0.25) is 5.91 Å². The number of anilines is 1. The number of amides is 1. The minimum atomic E-state index is -0.448. The Morgan fingerprint density at radius 1 is 1.18 bits per heavy atom. The van der Waals surface area contributed by atoms with E-state index in [9.17, 15) is 14.9 Å². The Hall–Kier alpha value is -3.24. The Morgan fingerprint density at radius 3 is 2.71 bits per heavy atom. The van der Waals surface area contributed by atoms with Gasteiger partial charge >= 0.3 is 0 Å². The van der Waals surface area contributed by atoms with Crippen molar-refractivity contribution < 1.29 is 9.72 Å². The van der Waals surface area contributed by atoms with Crippen molar-refractivity contribution in [2.75, 3.05) is 11.1 Å². The first-order valence-corrected chi connectivity index (χ1v) is 10.0. The Morgan fingerprint density at radius 2 is 1.96 bits per heavy atom. The van der Waals surface area contributed by atoms with Crippen LogP contribution in [0.5, 0.6) is 0 Å². The number of thioether (sulfide) groups is 1. The van der Waals surface area contributed by atoms with Crippen molar-refractivity contribution in [3.05, 3.63) is 64.0 Å². The number of para-hydroxylation sites is 2. The SMILES string of the molecule is O=C(CSc1nc2ccccc2[nH]1)Nc1nc(-c2ccc([N+](=O)[O-])cc2)cs1. The molecule has 0 aliphatic rings. The first-order chi connectivity index (χ1) is 13.6. The van der Waals surface area contributed by atoms with Crippen molar-refractivity contribution >= 4 is 50.9 Å². The number of aromatic nitrogens is 3. The van der Waals surface area contributed by atoms with Crippen LogP contribution in [0.1, 0.15) is 0 Å². The predicted molar refractivity (Wildman–Crippen MR) is 110 cm³/mol. The number of imidazole rings is 1. The number of nitrogens with zero attached hydrogens (tertiary/aromatic N) is 3. The Bertz CT molecular complexity index is 1120. The van der Waals surface area contributed by atoms with Crippen molar-refractivity contribution in [3.8, 4) is 11.3 Å². The number of nitro benzene ring substituents is 1. The minimum absolute atomic E-state index is 0.0233. The summed E-state index contributed by atoms with van der Waals surface area (Å²) in [7, 11) is 0. The number of nitrogens with one attached hydrogen (secondary N) is 2. The molecule has 0 spiro atoms. The lowest BCUT2D eigenvalue weighted by molar-refractivity contribution is -0.384. The molecule has 2 N–H and O–H groups in total. The van der Waals surface area contributed by atoms with E-state index in [0.717, 1.165) is 16.6 Å². The molecule has 0 fully saturated rings. The van der Waals surface area contributed by atoms with Crippen molar-refractivity contribution in [1.29, 1.82) is 0 Å². The van der Waals surface area contributed by atoms with Crippen LogP contribution >= 0.6 is 23.1 Å². The third-order valence-corrected chi connectivity index (χ3v) is 5.46. The number of nitro groups is 1. The first kappa shape index (κ1) is 18.1. The number of aromatic amines is 1. The smallest absolute Gasteiger partial charge is 0.269 e. The van der Waals surface area contributed by atoms with Crippen LogP contribution in [0.3, 0.4) is 0 Å². The van der Waals surface area contributed by atoms with E-state index < -0.39 is 4.92 Å². The summed E-state index contributed by atoms with van der Waals surface area (Å²) in [6.45, 7) is 0. The highest BCUT2D eigenvalue weighted by molar-refractivity contribution is 7.99. The van der Waals surface area contributed by atoms with Crippen molar-refractivity contribution in [2.24, 2.45) is 0 Å². The van der Waals surface area contributed by atoms with Crippen LogP contribution in [-0.4, -0.2) is 31.5 Å². The van der Waals surface area contributed by atoms with Gasteiger partial charge in [-0.1, -0.05) is 23.9 Å². The molecule has 10 heteroatoms. The number of benzene rings is 2. The van der Waals surface area contributed by atoms with Gasteiger partial charge in [-0.3, -0.25) is 14.9 Å². The second-order valence-electron chi connectivity index (χ2n) is 5.74. The quantitative estimate of drug-likeness (QED) is 0.277. The summed E-state index contributed by atoms with van der Waals surface area (Å²) in [6.07, 6.45) is 0. The highest BCUT2D eigenvalue weighted by Crippen LogP contribution is 2.27. The highest BCUT2D eigenvalue weighted by atomic mass is 32.2. The number of H-pyrrole nitrogens is 1. The monoisotopic (exact) mass is 411 g/mol. The lowest BCUT2D eigenvalue weighted by Gasteiger charge is -2.00. The second-order valence-corrected chi connectivity index (χ2v) is 7.56. The zero-order valence-corrected chi connectivity index (χ0v) is 15.9. The van der Waals surface area contributed by atoms with Gasteiger partial charge in [0.15, 0.2) is 10.3 Å². The van der Waals surface area contributed by atoms with Gasteiger partial charge < -0.3 is 10.3 Å². The summed E-state index contributed by atoms with van der Waals surface area (Å²) in [5, 5.41) is 16.4. The van der Waals surface area contributed by atoms with E-state index in [2.05, 4.69) is 20.3 Å². The first-order valence-electron chi connectivity index (χ1n) is 8.16. The van der Waals surface area contributed by atoms with Gasteiger partial charge in [0, 0.05) is 23.1 Å². The average molecular weight is 411 g/mol.